The number of rotatable bonds is 3. The van der Waals surface area contributed by atoms with Gasteiger partial charge in [0.2, 0.25) is 0 Å². The van der Waals surface area contributed by atoms with Gasteiger partial charge in [0.05, 0.1) is 11.5 Å². The topological polar surface area (TPSA) is 73.5 Å². The third-order valence-electron chi connectivity index (χ3n) is 2.61. The minimum absolute atomic E-state index is 0.309. The van der Waals surface area contributed by atoms with Crippen molar-refractivity contribution in [1.29, 1.82) is 5.26 Å². The molecule has 0 aromatic heterocycles. The van der Waals surface area contributed by atoms with Crippen molar-refractivity contribution in [3.05, 3.63) is 29.8 Å². The first-order valence-electron chi connectivity index (χ1n) is 4.71. The van der Waals surface area contributed by atoms with Crippen molar-refractivity contribution in [1.82, 2.24) is 0 Å². The number of nitrogens with zero attached hydrogens (tertiary/aromatic N) is 1. The molecule has 0 radical (unpaired) electrons. The van der Waals surface area contributed by atoms with Crippen LogP contribution in [0.3, 0.4) is 0 Å². The molecule has 0 heterocycles. The molecular formula is C10H10BNO3. The molecule has 1 aliphatic carbocycles. The van der Waals surface area contributed by atoms with E-state index in [9.17, 15) is 0 Å². The smallest absolute Gasteiger partial charge is 0.512 e. The molecule has 0 saturated heterocycles. The second kappa shape index (κ2) is 3.57. The number of benzene rings is 1. The van der Waals surface area contributed by atoms with Gasteiger partial charge in [0, 0.05) is 0 Å². The van der Waals surface area contributed by atoms with Crippen molar-refractivity contribution in [2.75, 3.05) is 0 Å². The monoisotopic (exact) mass is 203 g/mol. The third kappa shape index (κ3) is 1.96. The molecule has 1 saturated carbocycles. The van der Waals surface area contributed by atoms with Crippen LogP contribution in [0.4, 0.5) is 0 Å². The van der Waals surface area contributed by atoms with Gasteiger partial charge in [0.25, 0.3) is 0 Å². The Morgan fingerprint density at radius 2 is 1.87 bits per heavy atom. The highest BCUT2D eigenvalue weighted by Crippen LogP contribution is 2.47. The summed E-state index contributed by atoms with van der Waals surface area (Å²) < 4.78 is 4.66. The minimum atomic E-state index is -1.80. The molecule has 1 aliphatic rings. The quantitative estimate of drug-likeness (QED) is 0.705. The predicted octanol–water partition coefficient (Wildman–Crippen LogP) is 0.590. The predicted molar refractivity (Wildman–Crippen MR) is 53.8 cm³/mol. The number of hydrogen-bond acceptors (Lipinski definition) is 4. The van der Waals surface area contributed by atoms with Crippen LogP contribution < -0.4 is 4.65 Å². The van der Waals surface area contributed by atoms with Crippen LogP contribution >= 0.6 is 0 Å². The lowest BCUT2D eigenvalue weighted by Gasteiger charge is -2.08. The second-order valence-electron chi connectivity index (χ2n) is 3.66. The van der Waals surface area contributed by atoms with E-state index >= 15 is 0 Å². The molecule has 0 unspecified atom stereocenters. The fourth-order valence-electron chi connectivity index (χ4n) is 1.56. The first-order chi connectivity index (χ1) is 7.16. The first-order valence-corrected chi connectivity index (χ1v) is 4.71. The average molecular weight is 203 g/mol. The van der Waals surface area contributed by atoms with Crippen LogP contribution in [0.15, 0.2) is 24.3 Å². The highest BCUT2D eigenvalue weighted by atomic mass is 16.6. The zero-order valence-corrected chi connectivity index (χ0v) is 8.05. The van der Waals surface area contributed by atoms with E-state index in [1.165, 1.54) is 0 Å². The maximum absolute atomic E-state index is 8.96. The molecule has 1 fully saturated rings. The lowest BCUT2D eigenvalue weighted by molar-refractivity contribution is 0.288. The summed E-state index contributed by atoms with van der Waals surface area (Å²) in [4.78, 5) is 0. The van der Waals surface area contributed by atoms with Gasteiger partial charge in [-0.15, -0.1) is 0 Å². The van der Waals surface area contributed by atoms with Crippen LogP contribution in [0, 0.1) is 11.3 Å². The number of hydrogen-bond donors (Lipinski definition) is 2. The number of nitriles is 1. The van der Waals surface area contributed by atoms with Gasteiger partial charge in [-0.1, -0.05) is 12.1 Å². The van der Waals surface area contributed by atoms with Gasteiger partial charge in [-0.25, -0.2) is 0 Å². The van der Waals surface area contributed by atoms with E-state index in [1.807, 2.05) is 0 Å². The van der Waals surface area contributed by atoms with E-state index in [4.69, 9.17) is 15.3 Å². The normalized spacial score (nSPS) is 16.6. The standard InChI is InChI=1S/C10H10BNO3/c12-7-10(5-6-10)8-1-3-9(4-2-8)15-11(13)14/h1-4,13-14H,5-6H2. The summed E-state index contributed by atoms with van der Waals surface area (Å²) >= 11 is 0. The van der Waals surface area contributed by atoms with Crippen molar-refractivity contribution in [2.24, 2.45) is 0 Å². The molecule has 5 heteroatoms. The molecule has 0 atom stereocenters. The SMILES string of the molecule is N#CC1(c2ccc(OB(O)O)cc2)CC1. The highest BCUT2D eigenvalue weighted by molar-refractivity contribution is 6.33. The fourth-order valence-corrected chi connectivity index (χ4v) is 1.56. The van der Waals surface area contributed by atoms with Gasteiger partial charge in [-0.05, 0) is 30.5 Å². The Hall–Kier alpha value is -1.51. The molecule has 2 rings (SSSR count). The molecule has 0 aliphatic heterocycles. The van der Waals surface area contributed by atoms with E-state index in [0.29, 0.717) is 5.75 Å². The Morgan fingerprint density at radius 3 is 2.27 bits per heavy atom. The van der Waals surface area contributed by atoms with E-state index in [2.05, 4.69) is 10.7 Å². The molecular weight excluding hydrogens is 193 g/mol. The van der Waals surface area contributed by atoms with E-state index < -0.39 is 7.32 Å². The Morgan fingerprint density at radius 1 is 1.27 bits per heavy atom. The second-order valence-corrected chi connectivity index (χ2v) is 3.66. The third-order valence-corrected chi connectivity index (χ3v) is 2.61. The summed E-state index contributed by atoms with van der Waals surface area (Å²) in [6.07, 6.45) is 1.79. The van der Waals surface area contributed by atoms with Gasteiger partial charge in [-0.2, -0.15) is 5.26 Å². The largest absolute Gasteiger partial charge is 0.707 e. The van der Waals surface area contributed by atoms with Gasteiger partial charge in [0.1, 0.15) is 5.75 Å². The summed E-state index contributed by atoms with van der Waals surface area (Å²) in [6, 6.07) is 9.12. The molecule has 0 amide bonds. The lowest BCUT2D eigenvalue weighted by atomic mass is 9.98. The summed E-state index contributed by atoms with van der Waals surface area (Å²) in [5, 5.41) is 26.1. The van der Waals surface area contributed by atoms with Gasteiger partial charge < -0.3 is 14.7 Å². The Balaban J connectivity index is 2.15. The molecule has 2 N–H and O–H groups in total. The Kier molecular flexibility index (Phi) is 2.39. The summed E-state index contributed by atoms with van der Waals surface area (Å²) in [5.74, 6) is 0.377. The Bertz CT molecular complexity index is 392. The lowest BCUT2D eigenvalue weighted by Crippen LogP contribution is -2.20. The van der Waals surface area contributed by atoms with Crippen LogP contribution in [-0.4, -0.2) is 17.4 Å². The molecule has 1 aromatic carbocycles. The van der Waals surface area contributed by atoms with Crippen LogP contribution in [0.25, 0.3) is 0 Å². The molecule has 15 heavy (non-hydrogen) atoms. The van der Waals surface area contributed by atoms with Crippen molar-refractivity contribution in [3.63, 3.8) is 0 Å². The molecule has 4 nitrogen and oxygen atoms in total. The summed E-state index contributed by atoms with van der Waals surface area (Å²) in [5.41, 5.74) is 0.654. The maximum Gasteiger partial charge on any atom is 0.707 e. The maximum atomic E-state index is 8.96. The molecule has 1 aromatic rings. The van der Waals surface area contributed by atoms with Crippen molar-refractivity contribution < 1.29 is 14.7 Å². The molecule has 76 valence electrons. The van der Waals surface area contributed by atoms with Gasteiger partial charge in [-0.3, -0.25) is 0 Å². The zero-order chi connectivity index (χ0) is 10.9. The van der Waals surface area contributed by atoms with E-state index in [1.54, 1.807) is 24.3 Å². The van der Waals surface area contributed by atoms with Crippen molar-refractivity contribution in [2.45, 2.75) is 18.3 Å². The van der Waals surface area contributed by atoms with Crippen LogP contribution in [0.1, 0.15) is 18.4 Å². The van der Waals surface area contributed by atoms with Crippen molar-refractivity contribution >= 4 is 7.32 Å². The molecule has 0 spiro atoms. The molecule has 0 bridgehead atoms. The summed E-state index contributed by atoms with van der Waals surface area (Å²) in [7, 11) is -1.80. The summed E-state index contributed by atoms with van der Waals surface area (Å²) in [6.45, 7) is 0. The fraction of sp³-hybridized carbons (Fsp3) is 0.300. The van der Waals surface area contributed by atoms with Crippen LogP contribution in [0.5, 0.6) is 5.75 Å². The minimum Gasteiger partial charge on any atom is -0.512 e. The zero-order valence-electron chi connectivity index (χ0n) is 8.05. The van der Waals surface area contributed by atoms with E-state index in [-0.39, 0.29) is 5.41 Å². The van der Waals surface area contributed by atoms with E-state index in [0.717, 1.165) is 18.4 Å². The average Bonchev–Trinajstić information content (AvgIpc) is 2.99. The van der Waals surface area contributed by atoms with Crippen LogP contribution in [-0.2, 0) is 5.41 Å². The van der Waals surface area contributed by atoms with Gasteiger partial charge >= 0.3 is 7.32 Å². The first kappa shape index (κ1) is 10.0. The Labute approximate surface area is 87.9 Å². The van der Waals surface area contributed by atoms with Crippen molar-refractivity contribution in [3.8, 4) is 11.8 Å². The van der Waals surface area contributed by atoms with Crippen LogP contribution in [0.2, 0.25) is 0 Å². The highest BCUT2D eigenvalue weighted by Gasteiger charge is 2.44. The van der Waals surface area contributed by atoms with Gasteiger partial charge in [0.15, 0.2) is 0 Å².